The molecule has 4 rings (SSSR count). The molecule has 0 unspecified atom stereocenters. The molecule has 0 saturated heterocycles. The van der Waals surface area contributed by atoms with E-state index < -0.39 is 0 Å². The number of Topliss-reactive ketones (excluding diaryl/α,β-unsaturated/α-hetero) is 1. The predicted octanol–water partition coefficient (Wildman–Crippen LogP) is 5.82. The van der Waals surface area contributed by atoms with Crippen molar-refractivity contribution in [2.24, 2.45) is 5.92 Å². The van der Waals surface area contributed by atoms with E-state index in [1.165, 1.54) is 16.0 Å². The van der Waals surface area contributed by atoms with Gasteiger partial charge in [0, 0.05) is 22.3 Å². The number of rotatable bonds is 4. The Morgan fingerprint density at radius 3 is 2.25 bits per heavy atom. The lowest BCUT2D eigenvalue weighted by Crippen LogP contribution is -2.18. The molecule has 0 bridgehead atoms. The summed E-state index contributed by atoms with van der Waals surface area (Å²) in [4.78, 5) is 14.4. The maximum Gasteiger partial charge on any atom is 0.167 e. The van der Waals surface area contributed by atoms with Gasteiger partial charge in [0.2, 0.25) is 0 Å². The molecule has 1 aliphatic carbocycles. The van der Waals surface area contributed by atoms with Gasteiger partial charge in [-0.2, -0.15) is 0 Å². The van der Waals surface area contributed by atoms with E-state index in [1.54, 1.807) is 11.3 Å². The molecule has 1 heterocycles. The summed E-state index contributed by atoms with van der Waals surface area (Å²) < 4.78 is 0. The van der Waals surface area contributed by atoms with Gasteiger partial charge in [-0.25, -0.2) is 0 Å². The maximum atomic E-state index is 13.1. The van der Waals surface area contributed by atoms with E-state index in [4.69, 9.17) is 0 Å². The van der Waals surface area contributed by atoms with E-state index >= 15 is 0 Å². The summed E-state index contributed by atoms with van der Waals surface area (Å²) in [7, 11) is 0. The van der Waals surface area contributed by atoms with Gasteiger partial charge in [-0.05, 0) is 29.0 Å². The quantitative estimate of drug-likeness (QED) is 0.551. The number of carbonyl (C=O) groups is 1. The summed E-state index contributed by atoms with van der Waals surface area (Å²) >= 11 is 1.74. The van der Waals surface area contributed by atoms with Gasteiger partial charge in [-0.3, -0.25) is 4.79 Å². The average Bonchev–Trinajstić information content (AvgIpc) is 3.32. The molecular formula is C22H18OS. The molecule has 0 fully saturated rings. The summed E-state index contributed by atoms with van der Waals surface area (Å²) in [6.45, 7) is 0. The molecule has 0 spiro atoms. The Kier molecular flexibility index (Phi) is 4.14. The van der Waals surface area contributed by atoms with Crippen molar-refractivity contribution in [3.05, 3.63) is 100 Å². The number of thiophene rings is 1. The normalized spacial score (nSPS) is 19.9. The third kappa shape index (κ3) is 2.85. The SMILES string of the molecule is O=C(c1ccccc1)[C@H]1CC(c2ccccc2)=C[C@@H]1c1cccs1. The third-order valence-corrected chi connectivity index (χ3v) is 5.64. The molecule has 0 saturated carbocycles. The molecule has 118 valence electrons. The highest BCUT2D eigenvalue weighted by Gasteiger charge is 2.35. The van der Waals surface area contributed by atoms with Crippen molar-refractivity contribution in [2.75, 3.05) is 0 Å². The van der Waals surface area contributed by atoms with Crippen LogP contribution in [0.25, 0.3) is 5.57 Å². The van der Waals surface area contributed by atoms with Crippen LogP contribution in [-0.4, -0.2) is 5.78 Å². The second kappa shape index (κ2) is 6.58. The first kappa shape index (κ1) is 15.1. The van der Waals surface area contributed by atoms with Crippen LogP contribution in [0.1, 0.15) is 33.1 Å². The fraction of sp³-hybridized carbons (Fsp3) is 0.136. The minimum Gasteiger partial charge on any atom is -0.294 e. The number of ketones is 1. The Morgan fingerprint density at radius 1 is 0.875 bits per heavy atom. The van der Waals surface area contributed by atoms with Crippen molar-refractivity contribution in [1.82, 2.24) is 0 Å². The zero-order valence-electron chi connectivity index (χ0n) is 13.3. The van der Waals surface area contributed by atoms with Crippen LogP contribution in [0.15, 0.2) is 84.3 Å². The number of hydrogen-bond donors (Lipinski definition) is 0. The van der Waals surface area contributed by atoms with Crippen LogP contribution < -0.4 is 0 Å². The maximum absolute atomic E-state index is 13.1. The standard InChI is InChI=1S/C22H18OS/c23-22(17-10-5-2-6-11-17)20-15-18(16-8-3-1-4-9-16)14-19(20)21-12-7-13-24-21/h1-14,19-20H,15H2/t19-,20-/m0/s1. The molecule has 3 aromatic rings. The summed E-state index contributed by atoms with van der Waals surface area (Å²) in [5, 5.41) is 2.09. The van der Waals surface area contributed by atoms with E-state index in [0.717, 1.165) is 12.0 Å². The lowest BCUT2D eigenvalue weighted by Gasteiger charge is -2.17. The van der Waals surface area contributed by atoms with Gasteiger partial charge in [-0.1, -0.05) is 72.8 Å². The van der Waals surface area contributed by atoms with E-state index in [9.17, 15) is 4.79 Å². The van der Waals surface area contributed by atoms with Gasteiger partial charge in [-0.15, -0.1) is 11.3 Å². The largest absolute Gasteiger partial charge is 0.294 e. The second-order valence-corrected chi connectivity index (χ2v) is 7.12. The molecule has 0 N–H and O–H groups in total. The van der Waals surface area contributed by atoms with Gasteiger partial charge < -0.3 is 0 Å². The first-order valence-electron chi connectivity index (χ1n) is 8.22. The molecule has 1 aliphatic rings. The van der Waals surface area contributed by atoms with Crippen LogP contribution in [0.3, 0.4) is 0 Å². The lowest BCUT2D eigenvalue weighted by atomic mass is 9.86. The molecule has 0 radical (unpaired) electrons. The Bertz CT molecular complexity index is 848. The molecule has 24 heavy (non-hydrogen) atoms. The van der Waals surface area contributed by atoms with E-state index in [0.29, 0.717) is 0 Å². The fourth-order valence-corrected chi connectivity index (χ4v) is 4.33. The van der Waals surface area contributed by atoms with E-state index in [2.05, 4.69) is 47.9 Å². The zero-order valence-corrected chi connectivity index (χ0v) is 14.1. The molecule has 1 nitrogen and oxygen atoms in total. The summed E-state index contributed by atoms with van der Waals surface area (Å²) in [5.74, 6) is 0.408. The van der Waals surface area contributed by atoms with Crippen LogP contribution in [0, 0.1) is 5.92 Å². The summed E-state index contributed by atoms with van der Waals surface area (Å²) in [6, 6.07) is 24.3. The van der Waals surface area contributed by atoms with Crippen molar-refractivity contribution in [1.29, 1.82) is 0 Å². The Hall–Kier alpha value is -2.45. The lowest BCUT2D eigenvalue weighted by molar-refractivity contribution is 0.0917. The van der Waals surface area contributed by atoms with Crippen LogP contribution in [0.5, 0.6) is 0 Å². The van der Waals surface area contributed by atoms with Crippen molar-refractivity contribution in [3.63, 3.8) is 0 Å². The second-order valence-electron chi connectivity index (χ2n) is 6.14. The first-order valence-corrected chi connectivity index (χ1v) is 9.09. The Morgan fingerprint density at radius 2 is 1.58 bits per heavy atom. The van der Waals surface area contributed by atoms with E-state index in [1.807, 2.05) is 36.4 Å². The molecule has 0 aliphatic heterocycles. The van der Waals surface area contributed by atoms with Crippen molar-refractivity contribution in [3.8, 4) is 0 Å². The van der Waals surface area contributed by atoms with Gasteiger partial charge >= 0.3 is 0 Å². The summed E-state index contributed by atoms with van der Waals surface area (Å²) in [5.41, 5.74) is 3.32. The predicted molar refractivity (Wildman–Crippen MR) is 100 cm³/mol. The van der Waals surface area contributed by atoms with Crippen molar-refractivity contribution in [2.45, 2.75) is 12.3 Å². The number of hydrogen-bond acceptors (Lipinski definition) is 2. The van der Waals surface area contributed by atoms with Crippen LogP contribution in [-0.2, 0) is 0 Å². The Labute approximate surface area is 146 Å². The Balaban J connectivity index is 1.70. The van der Waals surface area contributed by atoms with Gasteiger partial charge in [0.05, 0.1) is 0 Å². The van der Waals surface area contributed by atoms with Crippen molar-refractivity contribution < 1.29 is 4.79 Å². The minimum absolute atomic E-state index is 0.0127. The van der Waals surface area contributed by atoms with Crippen LogP contribution in [0.4, 0.5) is 0 Å². The third-order valence-electron chi connectivity index (χ3n) is 4.67. The summed E-state index contributed by atoms with van der Waals surface area (Å²) in [6.07, 6.45) is 3.10. The monoisotopic (exact) mass is 330 g/mol. The molecule has 1 aromatic heterocycles. The number of carbonyl (C=O) groups excluding carboxylic acids is 1. The van der Waals surface area contributed by atoms with E-state index in [-0.39, 0.29) is 17.6 Å². The molecule has 0 amide bonds. The highest BCUT2D eigenvalue weighted by molar-refractivity contribution is 7.10. The highest BCUT2D eigenvalue weighted by Crippen LogP contribution is 2.44. The smallest absolute Gasteiger partial charge is 0.167 e. The zero-order chi connectivity index (χ0) is 16.4. The minimum atomic E-state index is -0.0127. The highest BCUT2D eigenvalue weighted by atomic mass is 32.1. The first-order chi connectivity index (χ1) is 11.8. The topological polar surface area (TPSA) is 17.1 Å². The molecule has 2 atom stereocenters. The molecule has 2 aromatic carbocycles. The van der Waals surface area contributed by atoms with Gasteiger partial charge in [0.25, 0.3) is 0 Å². The van der Waals surface area contributed by atoms with Gasteiger partial charge in [0.1, 0.15) is 0 Å². The fourth-order valence-electron chi connectivity index (χ4n) is 3.46. The molecule has 2 heteroatoms. The number of benzene rings is 2. The van der Waals surface area contributed by atoms with Crippen LogP contribution >= 0.6 is 11.3 Å². The van der Waals surface area contributed by atoms with Crippen molar-refractivity contribution >= 4 is 22.7 Å². The average molecular weight is 330 g/mol. The molecular weight excluding hydrogens is 312 g/mol. The van der Waals surface area contributed by atoms with Crippen LogP contribution in [0.2, 0.25) is 0 Å². The number of allylic oxidation sites excluding steroid dienone is 2. The van der Waals surface area contributed by atoms with Gasteiger partial charge in [0.15, 0.2) is 5.78 Å².